The number of unbranched alkanes of at least 4 members (excludes halogenated alkanes) is 1. The van der Waals surface area contributed by atoms with E-state index in [-0.39, 0.29) is 28.3 Å². The van der Waals surface area contributed by atoms with Crippen molar-refractivity contribution in [1.29, 1.82) is 0 Å². The molecule has 1 N–H and O–H groups in total. The minimum absolute atomic E-state index is 0. The topological polar surface area (TPSA) is 20.2 Å². The molecule has 0 spiro atoms. The van der Waals surface area contributed by atoms with Crippen LogP contribution < -0.4 is 0 Å². The molecule has 0 amide bonds. The van der Waals surface area contributed by atoms with E-state index in [1.54, 1.807) is 0 Å². The summed E-state index contributed by atoms with van der Waals surface area (Å²) in [5.41, 5.74) is 0. The van der Waals surface area contributed by atoms with Crippen molar-refractivity contribution >= 4 is 0 Å². The molecule has 0 aromatic rings. The van der Waals surface area contributed by atoms with Gasteiger partial charge in [0.25, 0.3) is 0 Å². The first-order chi connectivity index (χ1) is 2.41. The third kappa shape index (κ3) is 8.82. The molecule has 6 heavy (non-hydrogen) atoms. The van der Waals surface area contributed by atoms with Crippen LogP contribution in [0.1, 0.15) is 12.8 Å². The van der Waals surface area contributed by atoms with Crippen molar-refractivity contribution in [3.05, 3.63) is 6.92 Å². The molecule has 2 heteroatoms. The molecule has 0 atom stereocenters. The fourth-order valence-corrected chi connectivity index (χ4v) is 0.112. The van der Waals surface area contributed by atoms with Gasteiger partial charge in [-0.15, -0.1) is 0 Å². The number of hydrogen-bond donors (Lipinski definition) is 1. The van der Waals surface area contributed by atoms with Crippen molar-refractivity contribution in [3.63, 3.8) is 0 Å². The maximum atomic E-state index is 8.03. The number of rotatable bonds is 2. The summed E-state index contributed by atoms with van der Waals surface area (Å²) in [6.07, 6.45) is 1.68. The van der Waals surface area contributed by atoms with Gasteiger partial charge in [-0.3, -0.25) is 0 Å². The Balaban J connectivity index is 0. The Labute approximate surface area is 53.6 Å². The van der Waals surface area contributed by atoms with Gasteiger partial charge in [-0.1, -0.05) is 6.42 Å². The normalized spacial score (nSPS) is 7.00. The first-order valence-corrected chi connectivity index (χ1v) is 1.82. The van der Waals surface area contributed by atoms with E-state index in [2.05, 4.69) is 6.92 Å². The summed E-state index contributed by atoms with van der Waals surface area (Å²) in [6, 6.07) is 0. The minimum Gasteiger partial charge on any atom is -0.396 e. The predicted octanol–water partition coefficient (Wildman–Crippen LogP) is 0.590. The second-order valence-electron chi connectivity index (χ2n) is 0.931. The van der Waals surface area contributed by atoms with E-state index in [1.165, 1.54) is 0 Å². The van der Waals surface area contributed by atoms with Gasteiger partial charge in [0.05, 0.1) is 0 Å². The zero-order chi connectivity index (χ0) is 4.12. The maximum Gasteiger partial charge on any atom is 0.0406 e. The van der Waals surface area contributed by atoms with Crippen LogP contribution in [0, 0.1) is 6.92 Å². The number of aliphatic hydroxyl groups excluding tert-OH is 1. The molecule has 0 saturated carbocycles. The van der Waals surface area contributed by atoms with E-state index < -0.39 is 0 Å². The Kier molecular flexibility index (Phi) is 15.1. The summed E-state index contributed by atoms with van der Waals surface area (Å²) in [5.74, 6) is 0. The van der Waals surface area contributed by atoms with Crippen molar-refractivity contribution in [1.82, 2.24) is 0 Å². The van der Waals surface area contributed by atoms with Gasteiger partial charge in [-0.25, -0.2) is 0 Å². The summed E-state index contributed by atoms with van der Waals surface area (Å²) >= 11 is 0. The Morgan fingerprint density at radius 3 is 2.00 bits per heavy atom. The molecule has 0 aliphatic rings. The van der Waals surface area contributed by atoms with Gasteiger partial charge >= 0.3 is 0 Å². The summed E-state index contributed by atoms with van der Waals surface area (Å²) in [4.78, 5) is 0. The first-order valence-electron chi connectivity index (χ1n) is 1.82. The second kappa shape index (κ2) is 9.18. The van der Waals surface area contributed by atoms with Crippen molar-refractivity contribution in [2.45, 2.75) is 12.8 Å². The molecular formula is C4H9OTi-. The monoisotopic (exact) mass is 121 g/mol. The number of hydrogen-bond acceptors (Lipinski definition) is 1. The summed E-state index contributed by atoms with van der Waals surface area (Å²) < 4.78 is 0. The average molecular weight is 121 g/mol. The van der Waals surface area contributed by atoms with Crippen LogP contribution >= 0.6 is 0 Å². The minimum atomic E-state index is 0. The molecule has 0 aromatic heterocycles. The van der Waals surface area contributed by atoms with Crippen molar-refractivity contribution in [3.8, 4) is 0 Å². The van der Waals surface area contributed by atoms with Crippen LogP contribution in [0.15, 0.2) is 0 Å². The molecule has 0 fully saturated rings. The van der Waals surface area contributed by atoms with Gasteiger partial charge in [0, 0.05) is 28.3 Å². The molecule has 36 valence electrons. The van der Waals surface area contributed by atoms with Crippen LogP contribution in [0.25, 0.3) is 0 Å². The van der Waals surface area contributed by atoms with Gasteiger partial charge < -0.3 is 12.0 Å². The Hall–Kier alpha value is 0.674. The fourth-order valence-electron chi connectivity index (χ4n) is 0.112. The first kappa shape index (κ1) is 9.84. The Bertz CT molecular complexity index is 15.0. The molecule has 0 aliphatic carbocycles. The van der Waals surface area contributed by atoms with E-state index in [1.807, 2.05) is 0 Å². The van der Waals surface area contributed by atoms with Gasteiger partial charge in [0.1, 0.15) is 0 Å². The largest absolute Gasteiger partial charge is 0.396 e. The fraction of sp³-hybridized carbons (Fsp3) is 0.750. The zero-order valence-corrected chi connectivity index (χ0v) is 5.34. The van der Waals surface area contributed by atoms with E-state index in [0.29, 0.717) is 0 Å². The van der Waals surface area contributed by atoms with E-state index in [9.17, 15) is 0 Å². The van der Waals surface area contributed by atoms with Crippen molar-refractivity contribution in [2.75, 3.05) is 6.61 Å². The molecule has 0 saturated heterocycles. The number of aliphatic hydroxyl groups is 1. The Morgan fingerprint density at radius 2 is 2.00 bits per heavy atom. The Morgan fingerprint density at radius 1 is 1.50 bits per heavy atom. The average Bonchev–Trinajstić information content (AvgIpc) is 1.41. The summed E-state index contributed by atoms with van der Waals surface area (Å²) in [5, 5.41) is 8.03. The van der Waals surface area contributed by atoms with Gasteiger partial charge in [-0.05, 0) is 0 Å². The molecule has 0 heterocycles. The smallest absolute Gasteiger partial charge is 0.0406 e. The second-order valence-corrected chi connectivity index (χ2v) is 0.931. The quantitative estimate of drug-likeness (QED) is 0.418. The van der Waals surface area contributed by atoms with Crippen LogP contribution in [0.5, 0.6) is 0 Å². The van der Waals surface area contributed by atoms with Crippen LogP contribution in [0.2, 0.25) is 0 Å². The van der Waals surface area contributed by atoms with Crippen LogP contribution in [0.4, 0.5) is 0 Å². The third-order valence-corrected chi connectivity index (χ3v) is 0.408. The van der Waals surface area contributed by atoms with Crippen LogP contribution in [-0.4, -0.2) is 11.7 Å². The molecular weight excluding hydrogens is 112 g/mol. The zero-order valence-electron chi connectivity index (χ0n) is 3.78. The molecule has 0 bridgehead atoms. The van der Waals surface area contributed by atoms with Gasteiger partial charge in [0.15, 0.2) is 0 Å². The molecule has 0 unspecified atom stereocenters. The molecule has 0 radical (unpaired) electrons. The van der Waals surface area contributed by atoms with E-state index >= 15 is 0 Å². The molecule has 1 nitrogen and oxygen atoms in total. The SMILES string of the molecule is [CH2-]CCCO.[Ti]. The van der Waals surface area contributed by atoms with Gasteiger partial charge in [0.2, 0.25) is 0 Å². The third-order valence-electron chi connectivity index (χ3n) is 0.408. The van der Waals surface area contributed by atoms with E-state index in [4.69, 9.17) is 5.11 Å². The van der Waals surface area contributed by atoms with E-state index in [0.717, 1.165) is 12.8 Å². The maximum absolute atomic E-state index is 8.03. The predicted molar refractivity (Wildman–Crippen MR) is 21.7 cm³/mol. The molecule has 0 aliphatic heterocycles. The summed E-state index contributed by atoms with van der Waals surface area (Å²) in [6.45, 7) is 3.80. The van der Waals surface area contributed by atoms with Crippen LogP contribution in [-0.2, 0) is 21.7 Å². The standard InChI is InChI=1S/C4H9O.Ti/c1-2-3-4-5;/h5H,1-4H2;/q-1;. The van der Waals surface area contributed by atoms with Crippen molar-refractivity contribution in [2.24, 2.45) is 0 Å². The van der Waals surface area contributed by atoms with Crippen molar-refractivity contribution < 1.29 is 26.8 Å². The molecule has 0 aromatic carbocycles. The van der Waals surface area contributed by atoms with Crippen LogP contribution in [0.3, 0.4) is 0 Å². The molecule has 0 rings (SSSR count). The van der Waals surface area contributed by atoms with Gasteiger partial charge in [-0.2, -0.15) is 6.42 Å². The summed E-state index contributed by atoms with van der Waals surface area (Å²) in [7, 11) is 0.